The van der Waals surface area contributed by atoms with Gasteiger partial charge in [0.05, 0.1) is 0 Å². The SMILES string of the molecule is CCCCC(Cl)(Cl)C(C)(Cl)Cl. The number of rotatable bonds is 4. The van der Waals surface area contributed by atoms with E-state index in [-0.39, 0.29) is 0 Å². The van der Waals surface area contributed by atoms with Crippen molar-refractivity contribution < 1.29 is 0 Å². The Kier molecular flexibility index (Phi) is 4.88. The van der Waals surface area contributed by atoms with Crippen molar-refractivity contribution in [3.05, 3.63) is 0 Å². The fraction of sp³-hybridized carbons (Fsp3) is 1.00. The topological polar surface area (TPSA) is 0 Å². The van der Waals surface area contributed by atoms with E-state index in [2.05, 4.69) is 6.92 Å². The van der Waals surface area contributed by atoms with Gasteiger partial charge in [0.2, 0.25) is 0 Å². The van der Waals surface area contributed by atoms with Crippen molar-refractivity contribution in [2.24, 2.45) is 0 Å². The fourth-order valence-electron chi connectivity index (χ4n) is 0.618. The number of unbranched alkanes of at least 4 members (excludes halogenated alkanes) is 1. The molecule has 0 saturated heterocycles. The van der Waals surface area contributed by atoms with Crippen molar-refractivity contribution in [3.63, 3.8) is 0 Å². The van der Waals surface area contributed by atoms with Crippen molar-refractivity contribution in [3.8, 4) is 0 Å². The third-order valence-corrected chi connectivity index (χ3v) is 3.65. The third kappa shape index (κ3) is 4.07. The number of halogens is 4. The van der Waals surface area contributed by atoms with Gasteiger partial charge in [-0.3, -0.25) is 0 Å². The summed E-state index contributed by atoms with van der Waals surface area (Å²) >= 11 is 23.3. The zero-order valence-electron chi connectivity index (χ0n) is 6.63. The maximum Gasteiger partial charge on any atom is 0.150 e. The second kappa shape index (κ2) is 4.41. The van der Waals surface area contributed by atoms with Crippen LogP contribution in [0.1, 0.15) is 33.1 Å². The molecule has 0 aromatic rings. The van der Waals surface area contributed by atoms with Gasteiger partial charge in [0, 0.05) is 0 Å². The maximum atomic E-state index is 5.89. The largest absolute Gasteiger partial charge is 0.150 e. The Bertz CT molecular complexity index is 114. The van der Waals surface area contributed by atoms with Crippen molar-refractivity contribution in [1.29, 1.82) is 0 Å². The van der Waals surface area contributed by atoms with E-state index in [1.807, 2.05) is 0 Å². The average molecular weight is 238 g/mol. The smallest absolute Gasteiger partial charge is 0.0986 e. The lowest BCUT2D eigenvalue weighted by atomic mass is 10.1. The molecule has 0 N–H and O–H groups in total. The molecule has 0 aliphatic carbocycles. The van der Waals surface area contributed by atoms with Crippen LogP contribution >= 0.6 is 46.4 Å². The summed E-state index contributed by atoms with van der Waals surface area (Å²) in [5, 5.41) is 0. The molecule has 0 nitrogen and oxygen atoms in total. The molecule has 0 atom stereocenters. The minimum atomic E-state index is -1.08. The quantitative estimate of drug-likeness (QED) is 0.630. The molecule has 0 fully saturated rings. The summed E-state index contributed by atoms with van der Waals surface area (Å²) in [7, 11) is 0. The Labute approximate surface area is 88.1 Å². The van der Waals surface area contributed by atoms with Crippen LogP contribution in [0.15, 0.2) is 0 Å². The molecule has 0 saturated carbocycles. The van der Waals surface area contributed by atoms with Gasteiger partial charge in [-0.2, -0.15) is 0 Å². The van der Waals surface area contributed by atoms with Crippen molar-refractivity contribution in [2.45, 2.75) is 41.8 Å². The van der Waals surface area contributed by atoms with Gasteiger partial charge in [0.1, 0.15) is 4.33 Å². The summed E-state index contributed by atoms with van der Waals surface area (Å²) in [5.41, 5.74) is 0. The standard InChI is InChI=1S/C7H12Cl4/c1-3-4-5-7(10,11)6(2,8)9/h3-5H2,1-2H3. The predicted octanol–water partition coefficient (Wildman–Crippen LogP) is 4.54. The third-order valence-electron chi connectivity index (χ3n) is 1.49. The zero-order valence-corrected chi connectivity index (χ0v) is 9.66. The molecule has 0 spiro atoms. The van der Waals surface area contributed by atoms with E-state index >= 15 is 0 Å². The van der Waals surface area contributed by atoms with Gasteiger partial charge in [0.15, 0.2) is 4.33 Å². The highest BCUT2D eigenvalue weighted by Gasteiger charge is 2.42. The molecule has 4 heteroatoms. The van der Waals surface area contributed by atoms with Crippen molar-refractivity contribution in [2.75, 3.05) is 0 Å². The van der Waals surface area contributed by atoms with E-state index < -0.39 is 8.67 Å². The first-order valence-electron chi connectivity index (χ1n) is 3.57. The Balaban J connectivity index is 4.00. The Morgan fingerprint density at radius 3 is 1.82 bits per heavy atom. The van der Waals surface area contributed by atoms with E-state index in [9.17, 15) is 0 Å². The van der Waals surface area contributed by atoms with Gasteiger partial charge < -0.3 is 0 Å². The highest BCUT2D eigenvalue weighted by molar-refractivity contribution is 6.62. The predicted molar refractivity (Wildman–Crippen MR) is 54.1 cm³/mol. The van der Waals surface area contributed by atoms with Crippen molar-refractivity contribution >= 4 is 46.4 Å². The van der Waals surface area contributed by atoms with Crippen LogP contribution in [-0.4, -0.2) is 8.67 Å². The molecule has 0 aromatic heterocycles. The lowest BCUT2D eigenvalue weighted by Gasteiger charge is -2.29. The van der Waals surface area contributed by atoms with Crippen LogP contribution < -0.4 is 0 Å². The maximum absolute atomic E-state index is 5.89. The Morgan fingerprint density at radius 1 is 1.09 bits per heavy atom. The zero-order chi connectivity index (χ0) is 9.12. The molecule has 0 aliphatic heterocycles. The van der Waals surface area contributed by atoms with Crippen LogP contribution in [0.3, 0.4) is 0 Å². The fourth-order valence-corrected chi connectivity index (χ4v) is 1.07. The molecular weight excluding hydrogens is 226 g/mol. The minimum absolute atomic E-state index is 0.621. The van der Waals surface area contributed by atoms with Gasteiger partial charge in [0.25, 0.3) is 0 Å². The molecular formula is C7H12Cl4. The number of alkyl halides is 4. The average Bonchev–Trinajstić information content (AvgIpc) is 1.81. The lowest BCUT2D eigenvalue weighted by molar-refractivity contribution is 0.597. The molecule has 0 amide bonds. The van der Waals surface area contributed by atoms with E-state index in [0.29, 0.717) is 6.42 Å². The van der Waals surface area contributed by atoms with E-state index in [1.54, 1.807) is 6.92 Å². The molecule has 0 aliphatic rings. The molecule has 0 aromatic carbocycles. The van der Waals surface area contributed by atoms with Crippen LogP contribution in [-0.2, 0) is 0 Å². The van der Waals surface area contributed by atoms with Crippen molar-refractivity contribution in [1.82, 2.24) is 0 Å². The highest BCUT2D eigenvalue weighted by Crippen LogP contribution is 2.45. The second-order valence-corrected chi connectivity index (χ2v) is 5.89. The normalized spacial score (nSPS) is 13.6. The highest BCUT2D eigenvalue weighted by atomic mass is 35.5. The molecule has 11 heavy (non-hydrogen) atoms. The van der Waals surface area contributed by atoms with Gasteiger partial charge in [-0.1, -0.05) is 66.2 Å². The summed E-state index contributed by atoms with van der Waals surface area (Å²) in [6, 6.07) is 0. The lowest BCUT2D eigenvalue weighted by Crippen LogP contribution is -2.32. The van der Waals surface area contributed by atoms with Crippen LogP contribution in [0, 0.1) is 0 Å². The Hall–Kier alpha value is 1.16. The summed E-state index contributed by atoms with van der Waals surface area (Å²) in [6.07, 6.45) is 2.59. The molecule has 0 heterocycles. The first kappa shape index (κ1) is 12.2. The first-order valence-corrected chi connectivity index (χ1v) is 5.08. The summed E-state index contributed by atoms with van der Waals surface area (Å²) in [4.78, 5) is 0. The number of hydrogen-bond donors (Lipinski definition) is 0. The minimum Gasteiger partial charge on any atom is -0.0986 e. The number of hydrogen-bond acceptors (Lipinski definition) is 0. The van der Waals surface area contributed by atoms with Gasteiger partial charge >= 0.3 is 0 Å². The molecule has 0 bridgehead atoms. The van der Waals surface area contributed by atoms with Gasteiger partial charge in [-0.05, 0) is 13.3 Å². The van der Waals surface area contributed by atoms with Crippen LogP contribution in [0.5, 0.6) is 0 Å². The molecule has 68 valence electrons. The molecule has 0 unspecified atom stereocenters. The summed E-state index contributed by atoms with van der Waals surface area (Å²) in [6.45, 7) is 3.66. The van der Waals surface area contributed by atoms with Gasteiger partial charge in [-0.15, -0.1) is 0 Å². The summed E-state index contributed by atoms with van der Waals surface area (Å²) in [5.74, 6) is 0. The van der Waals surface area contributed by atoms with Gasteiger partial charge in [-0.25, -0.2) is 0 Å². The van der Waals surface area contributed by atoms with E-state index in [4.69, 9.17) is 46.4 Å². The first-order chi connectivity index (χ1) is 4.81. The van der Waals surface area contributed by atoms with Crippen LogP contribution in [0.2, 0.25) is 0 Å². The molecule has 0 rings (SSSR count). The van der Waals surface area contributed by atoms with Crippen LogP contribution in [0.25, 0.3) is 0 Å². The van der Waals surface area contributed by atoms with Crippen LogP contribution in [0.4, 0.5) is 0 Å². The summed E-state index contributed by atoms with van der Waals surface area (Å²) < 4.78 is -2.11. The molecule has 0 radical (unpaired) electrons. The Morgan fingerprint density at radius 2 is 1.55 bits per heavy atom. The van der Waals surface area contributed by atoms with E-state index in [1.165, 1.54) is 0 Å². The second-order valence-electron chi connectivity index (χ2n) is 2.70. The monoisotopic (exact) mass is 236 g/mol. The van der Waals surface area contributed by atoms with E-state index in [0.717, 1.165) is 12.8 Å².